The summed E-state index contributed by atoms with van der Waals surface area (Å²) < 4.78 is 1.26. The third kappa shape index (κ3) is 2.72. The first kappa shape index (κ1) is 15.6. The summed E-state index contributed by atoms with van der Waals surface area (Å²) in [4.78, 5) is 31.0. The summed E-state index contributed by atoms with van der Waals surface area (Å²) in [5.41, 5.74) is 1.12. The monoisotopic (exact) mass is 350 g/mol. The minimum Gasteiger partial charge on any atom is -0.273 e. The standard InChI is InChI=1S/C18H14N4O2S/c1-12-19-15-10-6-5-9-14(15)17(24)22(12)20-18-21(16(23)11-25-18)13-7-3-2-4-8-13/h2-10H,11H2,1H3/b20-18-. The van der Waals surface area contributed by atoms with Gasteiger partial charge in [-0.3, -0.25) is 14.5 Å². The van der Waals surface area contributed by atoms with Crippen LogP contribution in [0.1, 0.15) is 5.82 Å². The molecule has 0 spiro atoms. The zero-order chi connectivity index (χ0) is 17.4. The third-order valence-corrected chi connectivity index (χ3v) is 4.79. The van der Waals surface area contributed by atoms with Crippen LogP contribution < -0.4 is 10.5 Å². The fraction of sp³-hybridized carbons (Fsp3) is 0.111. The van der Waals surface area contributed by atoms with Crippen molar-refractivity contribution >= 4 is 39.4 Å². The molecule has 0 unspecified atom stereocenters. The molecule has 1 aliphatic rings. The van der Waals surface area contributed by atoms with Crippen LogP contribution in [0.2, 0.25) is 0 Å². The maximum Gasteiger partial charge on any atom is 0.282 e. The van der Waals surface area contributed by atoms with Crippen molar-refractivity contribution in [3.63, 3.8) is 0 Å². The molecule has 4 rings (SSSR count). The van der Waals surface area contributed by atoms with Crippen LogP contribution in [0.4, 0.5) is 5.69 Å². The Labute approximate surface area is 147 Å². The molecule has 6 nitrogen and oxygen atoms in total. The lowest BCUT2D eigenvalue weighted by Crippen LogP contribution is -2.31. The predicted molar refractivity (Wildman–Crippen MR) is 100.0 cm³/mol. The molecule has 124 valence electrons. The van der Waals surface area contributed by atoms with Gasteiger partial charge in [0.05, 0.1) is 22.3 Å². The number of carbonyl (C=O) groups is 1. The number of rotatable bonds is 2. The molecule has 25 heavy (non-hydrogen) atoms. The van der Waals surface area contributed by atoms with Gasteiger partial charge in [0.1, 0.15) is 5.82 Å². The Bertz CT molecular complexity index is 1060. The number of benzene rings is 2. The highest BCUT2D eigenvalue weighted by atomic mass is 32.2. The SMILES string of the molecule is Cc1nc2ccccc2c(=O)n1/N=C1\SCC(=O)N1c1ccccc1. The summed E-state index contributed by atoms with van der Waals surface area (Å²) in [5, 5.41) is 5.41. The molecule has 1 aromatic heterocycles. The molecule has 7 heteroatoms. The Kier molecular flexibility index (Phi) is 3.85. The van der Waals surface area contributed by atoms with E-state index in [4.69, 9.17) is 0 Å². The number of anilines is 1. The van der Waals surface area contributed by atoms with Crippen molar-refractivity contribution in [1.82, 2.24) is 9.66 Å². The maximum atomic E-state index is 12.8. The Morgan fingerprint density at radius 3 is 2.56 bits per heavy atom. The zero-order valence-electron chi connectivity index (χ0n) is 13.4. The average Bonchev–Trinajstić information content (AvgIpc) is 3.00. The van der Waals surface area contributed by atoms with E-state index in [-0.39, 0.29) is 11.5 Å². The van der Waals surface area contributed by atoms with Crippen molar-refractivity contribution in [3.8, 4) is 0 Å². The fourth-order valence-corrected chi connectivity index (χ4v) is 3.56. The van der Waals surface area contributed by atoms with E-state index < -0.39 is 0 Å². The molecule has 0 N–H and O–H groups in total. The topological polar surface area (TPSA) is 67.6 Å². The van der Waals surface area contributed by atoms with Gasteiger partial charge in [-0.15, -0.1) is 5.10 Å². The molecule has 1 saturated heterocycles. The predicted octanol–water partition coefficient (Wildman–Crippen LogP) is 2.60. The largest absolute Gasteiger partial charge is 0.282 e. The van der Waals surface area contributed by atoms with Crippen LogP contribution >= 0.6 is 11.8 Å². The lowest BCUT2D eigenvalue weighted by atomic mass is 10.2. The van der Waals surface area contributed by atoms with E-state index in [1.165, 1.54) is 21.3 Å². The quantitative estimate of drug-likeness (QED) is 0.712. The van der Waals surface area contributed by atoms with Gasteiger partial charge in [-0.05, 0) is 31.2 Å². The molecule has 0 aliphatic carbocycles. The number of fused-ring (bicyclic) bond motifs is 1. The lowest BCUT2D eigenvalue weighted by Gasteiger charge is -2.16. The van der Waals surface area contributed by atoms with Crippen LogP contribution in [0.15, 0.2) is 64.5 Å². The number of amides is 1. The van der Waals surface area contributed by atoms with E-state index in [1.807, 2.05) is 36.4 Å². The number of aryl methyl sites for hydroxylation is 1. The van der Waals surface area contributed by atoms with Crippen LogP contribution in [-0.4, -0.2) is 26.5 Å². The number of thioether (sulfide) groups is 1. The van der Waals surface area contributed by atoms with Crippen molar-refractivity contribution in [2.45, 2.75) is 6.92 Å². The normalized spacial score (nSPS) is 16.1. The molecule has 1 amide bonds. The molecular formula is C18H14N4O2S. The number of para-hydroxylation sites is 2. The first-order chi connectivity index (χ1) is 12.1. The molecule has 2 heterocycles. The zero-order valence-corrected chi connectivity index (χ0v) is 14.2. The second-order valence-corrected chi connectivity index (χ2v) is 6.47. The van der Waals surface area contributed by atoms with Crippen LogP contribution in [0, 0.1) is 6.92 Å². The van der Waals surface area contributed by atoms with Crippen molar-refractivity contribution in [2.75, 3.05) is 10.7 Å². The highest BCUT2D eigenvalue weighted by Crippen LogP contribution is 2.26. The lowest BCUT2D eigenvalue weighted by molar-refractivity contribution is -0.115. The highest BCUT2D eigenvalue weighted by molar-refractivity contribution is 8.15. The molecule has 2 aromatic carbocycles. The van der Waals surface area contributed by atoms with Crippen molar-refractivity contribution in [2.24, 2.45) is 5.10 Å². The summed E-state index contributed by atoms with van der Waals surface area (Å²) >= 11 is 1.31. The second kappa shape index (κ2) is 6.18. The van der Waals surface area contributed by atoms with Gasteiger partial charge in [0, 0.05) is 0 Å². The van der Waals surface area contributed by atoms with Crippen LogP contribution in [0.25, 0.3) is 10.9 Å². The molecule has 3 aromatic rings. The van der Waals surface area contributed by atoms with E-state index >= 15 is 0 Å². The number of nitrogens with zero attached hydrogens (tertiary/aromatic N) is 4. The maximum absolute atomic E-state index is 12.8. The molecule has 0 bridgehead atoms. The molecule has 1 fully saturated rings. The molecular weight excluding hydrogens is 336 g/mol. The second-order valence-electron chi connectivity index (χ2n) is 5.53. The Morgan fingerprint density at radius 2 is 1.76 bits per heavy atom. The summed E-state index contributed by atoms with van der Waals surface area (Å²) in [6.45, 7) is 1.73. The van der Waals surface area contributed by atoms with Gasteiger partial charge in [-0.1, -0.05) is 42.1 Å². The summed E-state index contributed by atoms with van der Waals surface area (Å²) in [7, 11) is 0. The Balaban J connectivity index is 1.87. The van der Waals surface area contributed by atoms with Gasteiger partial charge in [-0.2, -0.15) is 4.68 Å². The number of aromatic nitrogens is 2. The smallest absolute Gasteiger partial charge is 0.273 e. The van der Waals surface area contributed by atoms with Gasteiger partial charge >= 0.3 is 0 Å². The number of hydrogen-bond donors (Lipinski definition) is 0. The van der Waals surface area contributed by atoms with Crippen molar-refractivity contribution in [3.05, 3.63) is 70.8 Å². The first-order valence-corrected chi connectivity index (χ1v) is 8.72. The van der Waals surface area contributed by atoms with Gasteiger partial charge in [0.15, 0.2) is 5.17 Å². The molecule has 0 atom stereocenters. The fourth-order valence-electron chi connectivity index (χ4n) is 2.71. The van der Waals surface area contributed by atoms with Crippen LogP contribution in [-0.2, 0) is 4.79 Å². The molecule has 1 aliphatic heterocycles. The Morgan fingerprint density at radius 1 is 1.04 bits per heavy atom. The van der Waals surface area contributed by atoms with Crippen molar-refractivity contribution in [1.29, 1.82) is 0 Å². The number of hydrogen-bond acceptors (Lipinski definition) is 5. The Hall–Kier alpha value is -2.93. The number of carbonyl (C=O) groups excluding carboxylic acids is 1. The van der Waals surface area contributed by atoms with Crippen LogP contribution in [0.3, 0.4) is 0 Å². The van der Waals surface area contributed by atoms with Crippen molar-refractivity contribution < 1.29 is 4.79 Å². The van der Waals surface area contributed by atoms with Gasteiger partial charge in [0.25, 0.3) is 5.56 Å². The van der Waals surface area contributed by atoms with Gasteiger partial charge in [-0.25, -0.2) is 4.98 Å². The summed E-state index contributed by atoms with van der Waals surface area (Å²) in [6, 6.07) is 16.4. The number of amidine groups is 1. The molecule has 0 saturated carbocycles. The van der Waals surface area contributed by atoms with E-state index in [0.717, 1.165) is 5.69 Å². The van der Waals surface area contributed by atoms with E-state index in [2.05, 4.69) is 10.1 Å². The van der Waals surface area contributed by atoms with Gasteiger partial charge < -0.3 is 0 Å². The molecule has 0 radical (unpaired) electrons. The third-order valence-electron chi connectivity index (χ3n) is 3.88. The van der Waals surface area contributed by atoms with Gasteiger partial charge in [0.2, 0.25) is 5.91 Å². The van der Waals surface area contributed by atoms with E-state index in [9.17, 15) is 9.59 Å². The minimum atomic E-state index is -0.247. The average molecular weight is 350 g/mol. The van der Waals surface area contributed by atoms with Crippen LogP contribution in [0.5, 0.6) is 0 Å². The first-order valence-electron chi connectivity index (χ1n) is 7.73. The summed E-state index contributed by atoms with van der Waals surface area (Å²) in [6.07, 6.45) is 0. The van der Waals surface area contributed by atoms with E-state index in [0.29, 0.717) is 27.6 Å². The van der Waals surface area contributed by atoms with E-state index in [1.54, 1.807) is 25.1 Å². The minimum absolute atomic E-state index is 0.0607. The summed E-state index contributed by atoms with van der Waals surface area (Å²) in [5.74, 6) is 0.710. The highest BCUT2D eigenvalue weighted by Gasteiger charge is 2.30.